The lowest BCUT2D eigenvalue weighted by Gasteiger charge is -2.15. The zero-order valence-corrected chi connectivity index (χ0v) is 13.9. The van der Waals surface area contributed by atoms with Gasteiger partial charge in [-0.15, -0.1) is 0 Å². The van der Waals surface area contributed by atoms with Crippen LogP contribution in [-0.2, 0) is 0 Å². The van der Waals surface area contributed by atoms with E-state index in [0.717, 1.165) is 33.7 Å². The number of ether oxygens (including phenoxy) is 1. The Morgan fingerprint density at radius 3 is 2.65 bits per heavy atom. The Morgan fingerprint density at radius 2 is 2.05 bits per heavy atom. The van der Waals surface area contributed by atoms with E-state index < -0.39 is 0 Å². The molecule has 1 aromatic heterocycles. The molecule has 1 atom stereocenters. The number of benzene rings is 1. The second kappa shape index (κ2) is 7.59. The van der Waals surface area contributed by atoms with Crippen LogP contribution in [0.5, 0.6) is 11.5 Å². The number of halogens is 1. The van der Waals surface area contributed by atoms with E-state index >= 15 is 0 Å². The molecule has 0 spiro atoms. The van der Waals surface area contributed by atoms with Gasteiger partial charge in [0, 0.05) is 9.61 Å². The van der Waals surface area contributed by atoms with Gasteiger partial charge in [-0.1, -0.05) is 19.9 Å². The monoisotopic (exact) mass is 382 g/mol. The van der Waals surface area contributed by atoms with Gasteiger partial charge in [-0.3, -0.25) is 4.98 Å². The average Bonchev–Trinajstić information content (AvgIpc) is 2.46. The molecule has 20 heavy (non-hydrogen) atoms. The third-order valence-electron chi connectivity index (χ3n) is 3.01. The van der Waals surface area contributed by atoms with Gasteiger partial charge < -0.3 is 10.1 Å². The summed E-state index contributed by atoms with van der Waals surface area (Å²) < 4.78 is 6.96. The fourth-order valence-corrected chi connectivity index (χ4v) is 2.54. The highest BCUT2D eigenvalue weighted by Crippen LogP contribution is 2.23. The van der Waals surface area contributed by atoms with E-state index in [1.54, 1.807) is 6.20 Å². The average molecular weight is 382 g/mol. The molecule has 1 heterocycles. The minimum absolute atomic E-state index is 0.312. The molecular weight excluding hydrogens is 363 g/mol. The van der Waals surface area contributed by atoms with Gasteiger partial charge in [0.05, 0.1) is 11.9 Å². The van der Waals surface area contributed by atoms with Crippen LogP contribution < -0.4 is 10.1 Å². The van der Waals surface area contributed by atoms with Crippen molar-refractivity contribution in [3.8, 4) is 11.5 Å². The highest BCUT2D eigenvalue weighted by atomic mass is 127. The Morgan fingerprint density at radius 1 is 1.20 bits per heavy atom. The van der Waals surface area contributed by atoms with Crippen molar-refractivity contribution in [2.75, 3.05) is 6.54 Å². The molecule has 0 radical (unpaired) electrons. The van der Waals surface area contributed by atoms with Crippen molar-refractivity contribution < 1.29 is 4.74 Å². The summed E-state index contributed by atoms with van der Waals surface area (Å²) in [7, 11) is 0. The lowest BCUT2D eigenvalue weighted by atomic mass is 10.1. The first kappa shape index (κ1) is 15.3. The topological polar surface area (TPSA) is 34.1 Å². The first-order valence-corrected chi connectivity index (χ1v) is 7.93. The van der Waals surface area contributed by atoms with Crippen LogP contribution in [-0.4, -0.2) is 11.5 Å². The van der Waals surface area contributed by atoms with Gasteiger partial charge in [-0.25, -0.2) is 0 Å². The quantitative estimate of drug-likeness (QED) is 0.745. The van der Waals surface area contributed by atoms with Gasteiger partial charge >= 0.3 is 0 Å². The fourth-order valence-electron chi connectivity index (χ4n) is 2.03. The van der Waals surface area contributed by atoms with E-state index in [9.17, 15) is 0 Å². The first-order chi connectivity index (χ1) is 9.72. The van der Waals surface area contributed by atoms with Crippen molar-refractivity contribution in [1.29, 1.82) is 0 Å². The summed E-state index contributed by atoms with van der Waals surface area (Å²) in [6, 6.07) is 12.3. The molecule has 106 valence electrons. The van der Waals surface area contributed by atoms with Gasteiger partial charge in [-0.05, 0) is 65.9 Å². The van der Waals surface area contributed by atoms with E-state index in [1.165, 1.54) is 0 Å². The summed E-state index contributed by atoms with van der Waals surface area (Å²) in [5.41, 5.74) is 1.06. The zero-order valence-electron chi connectivity index (χ0n) is 11.8. The molecule has 1 N–H and O–H groups in total. The van der Waals surface area contributed by atoms with Gasteiger partial charge in [0.25, 0.3) is 0 Å². The van der Waals surface area contributed by atoms with Gasteiger partial charge in [0.1, 0.15) is 11.5 Å². The second-order valence-corrected chi connectivity index (χ2v) is 5.74. The molecule has 0 bridgehead atoms. The summed E-state index contributed by atoms with van der Waals surface area (Å²) in [5, 5.41) is 3.42. The van der Waals surface area contributed by atoms with Crippen molar-refractivity contribution in [3.05, 3.63) is 51.9 Å². The predicted molar refractivity (Wildman–Crippen MR) is 90.2 cm³/mol. The molecule has 0 aliphatic rings. The highest BCUT2D eigenvalue weighted by molar-refractivity contribution is 14.1. The Kier molecular flexibility index (Phi) is 5.79. The van der Waals surface area contributed by atoms with Crippen LogP contribution in [0, 0.1) is 3.57 Å². The summed E-state index contributed by atoms with van der Waals surface area (Å²) in [6.45, 7) is 5.21. The maximum Gasteiger partial charge on any atom is 0.145 e. The molecular formula is C16H19IN2O. The Bertz CT molecular complexity index is 542. The van der Waals surface area contributed by atoms with Crippen LogP contribution in [0.4, 0.5) is 0 Å². The van der Waals surface area contributed by atoms with E-state index in [1.807, 2.05) is 36.4 Å². The summed E-state index contributed by atoms with van der Waals surface area (Å²) in [4.78, 5) is 4.50. The lowest BCUT2D eigenvalue weighted by Crippen LogP contribution is -2.20. The normalized spacial score (nSPS) is 12.2. The smallest absolute Gasteiger partial charge is 0.145 e. The summed E-state index contributed by atoms with van der Waals surface area (Å²) >= 11 is 2.27. The zero-order chi connectivity index (χ0) is 14.4. The number of nitrogens with zero attached hydrogens (tertiary/aromatic N) is 1. The molecule has 3 nitrogen and oxygen atoms in total. The molecule has 0 aliphatic carbocycles. The molecule has 0 saturated heterocycles. The minimum Gasteiger partial charge on any atom is -0.456 e. The molecule has 0 fully saturated rings. The fraction of sp³-hybridized carbons (Fsp3) is 0.312. The SMILES string of the molecule is CCNC(CC)c1ccc(Oc2cccc(I)c2)cn1. The summed E-state index contributed by atoms with van der Waals surface area (Å²) in [6.07, 6.45) is 2.81. The number of aromatic nitrogens is 1. The third-order valence-corrected chi connectivity index (χ3v) is 3.68. The van der Waals surface area contributed by atoms with Crippen LogP contribution in [0.1, 0.15) is 32.0 Å². The molecule has 1 aromatic carbocycles. The largest absolute Gasteiger partial charge is 0.456 e. The Labute approximate surface area is 133 Å². The Balaban J connectivity index is 2.08. The van der Waals surface area contributed by atoms with Crippen molar-refractivity contribution in [3.63, 3.8) is 0 Å². The number of nitrogens with one attached hydrogen (secondary N) is 1. The van der Waals surface area contributed by atoms with Gasteiger partial charge in [-0.2, -0.15) is 0 Å². The van der Waals surface area contributed by atoms with E-state index in [4.69, 9.17) is 4.74 Å². The van der Waals surface area contributed by atoms with E-state index in [2.05, 4.69) is 46.7 Å². The number of hydrogen-bond donors (Lipinski definition) is 1. The van der Waals surface area contributed by atoms with Crippen molar-refractivity contribution in [1.82, 2.24) is 10.3 Å². The van der Waals surface area contributed by atoms with Crippen LogP contribution in [0.3, 0.4) is 0 Å². The lowest BCUT2D eigenvalue weighted by molar-refractivity contribution is 0.475. The van der Waals surface area contributed by atoms with Crippen molar-refractivity contribution in [2.45, 2.75) is 26.3 Å². The molecule has 1 unspecified atom stereocenters. The van der Waals surface area contributed by atoms with E-state index in [0.29, 0.717) is 6.04 Å². The standard InChI is InChI=1S/C16H19IN2O/c1-3-15(18-4-2)16-9-8-14(11-19-16)20-13-7-5-6-12(17)10-13/h5-11,15,18H,3-4H2,1-2H3. The molecule has 0 amide bonds. The predicted octanol–water partition coefficient (Wildman–Crippen LogP) is 4.54. The van der Waals surface area contributed by atoms with E-state index in [-0.39, 0.29) is 0 Å². The van der Waals surface area contributed by atoms with Crippen LogP contribution in [0.25, 0.3) is 0 Å². The Hall–Kier alpha value is -1.14. The van der Waals surface area contributed by atoms with Gasteiger partial charge in [0.2, 0.25) is 0 Å². The van der Waals surface area contributed by atoms with Crippen LogP contribution in [0.2, 0.25) is 0 Å². The maximum absolute atomic E-state index is 5.80. The molecule has 2 aromatic rings. The number of rotatable bonds is 6. The highest BCUT2D eigenvalue weighted by Gasteiger charge is 2.09. The third kappa shape index (κ3) is 4.18. The molecule has 4 heteroatoms. The molecule has 0 aliphatic heterocycles. The van der Waals surface area contributed by atoms with Crippen LogP contribution in [0.15, 0.2) is 42.6 Å². The second-order valence-electron chi connectivity index (χ2n) is 4.50. The minimum atomic E-state index is 0.312. The summed E-state index contributed by atoms with van der Waals surface area (Å²) in [5.74, 6) is 1.60. The molecule has 0 saturated carbocycles. The number of pyridine rings is 1. The van der Waals surface area contributed by atoms with Crippen molar-refractivity contribution >= 4 is 22.6 Å². The van der Waals surface area contributed by atoms with Crippen molar-refractivity contribution in [2.24, 2.45) is 0 Å². The molecule has 2 rings (SSSR count). The number of hydrogen-bond acceptors (Lipinski definition) is 3. The maximum atomic E-state index is 5.80. The van der Waals surface area contributed by atoms with Gasteiger partial charge in [0.15, 0.2) is 0 Å². The first-order valence-electron chi connectivity index (χ1n) is 6.85. The van der Waals surface area contributed by atoms with Crippen LogP contribution >= 0.6 is 22.6 Å².